The quantitative estimate of drug-likeness (QED) is 0.774. The maximum atomic E-state index is 12.0. The summed E-state index contributed by atoms with van der Waals surface area (Å²) >= 11 is 5.83. The molecule has 2 heterocycles. The molecule has 0 unspecified atom stereocenters. The number of anilines is 1. The van der Waals surface area contributed by atoms with Crippen LogP contribution in [0.2, 0.25) is 5.02 Å². The molecule has 1 fully saturated rings. The number of carbonyl (C=O) groups excluding carboxylic acids is 2. The zero-order valence-corrected chi connectivity index (χ0v) is 15.8. The molecule has 1 aliphatic heterocycles. The van der Waals surface area contributed by atoms with E-state index in [2.05, 4.69) is 20.5 Å². The van der Waals surface area contributed by atoms with Crippen molar-refractivity contribution < 1.29 is 9.59 Å². The predicted octanol–water partition coefficient (Wildman–Crippen LogP) is 2.38. The predicted molar refractivity (Wildman–Crippen MR) is 105 cm³/mol. The number of nitrogens with one attached hydrogen (secondary N) is 2. The van der Waals surface area contributed by atoms with E-state index in [4.69, 9.17) is 11.6 Å². The molecule has 7 heteroatoms. The first-order valence-corrected chi connectivity index (χ1v) is 9.45. The summed E-state index contributed by atoms with van der Waals surface area (Å²) in [6, 6.07) is 11.2. The van der Waals surface area contributed by atoms with E-state index in [1.807, 2.05) is 24.3 Å². The summed E-state index contributed by atoms with van der Waals surface area (Å²) in [7, 11) is 0. The molecule has 6 nitrogen and oxygen atoms in total. The summed E-state index contributed by atoms with van der Waals surface area (Å²) in [5, 5.41) is 6.01. The summed E-state index contributed by atoms with van der Waals surface area (Å²) in [5.74, 6) is -0.809. The molecule has 142 valence electrons. The van der Waals surface area contributed by atoms with Gasteiger partial charge < -0.3 is 15.5 Å². The second kappa shape index (κ2) is 9.37. The highest BCUT2D eigenvalue weighted by Crippen LogP contribution is 2.22. The summed E-state index contributed by atoms with van der Waals surface area (Å²) in [4.78, 5) is 30.3. The first kappa shape index (κ1) is 19.2. The van der Waals surface area contributed by atoms with Crippen molar-refractivity contribution in [3.8, 4) is 0 Å². The Balaban J connectivity index is 1.36. The Morgan fingerprint density at radius 1 is 1.00 bits per heavy atom. The summed E-state index contributed by atoms with van der Waals surface area (Å²) < 4.78 is 0. The number of hydrogen-bond donors (Lipinski definition) is 2. The SMILES string of the molecule is O=C(NCc1ccc(Cl)cc1)C(=O)NCC1CCN(c2ccncc2)CC1. The third-order valence-corrected chi connectivity index (χ3v) is 5.02. The van der Waals surface area contributed by atoms with Crippen LogP contribution in [0.3, 0.4) is 0 Å². The fraction of sp³-hybridized carbons (Fsp3) is 0.350. The van der Waals surface area contributed by atoms with E-state index < -0.39 is 11.8 Å². The lowest BCUT2D eigenvalue weighted by Gasteiger charge is -2.33. The average molecular weight is 387 g/mol. The van der Waals surface area contributed by atoms with Crippen molar-refractivity contribution in [3.05, 3.63) is 59.4 Å². The van der Waals surface area contributed by atoms with Gasteiger partial charge in [0.15, 0.2) is 0 Å². The molecular formula is C20H23ClN4O2. The van der Waals surface area contributed by atoms with Crippen LogP contribution < -0.4 is 15.5 Å². The van der Waals surface area contributed by atoms with Gasteiger partial charge >= 0.3 is 11.8 Å². The zero-order valence-electron chi connectivity index (χ0n) is 15.0. The minimum Gasteiger partial charge on any atom is -0.371 e. The molecule has 2 aromatic rings. The van der Waals surface area contributed by atoms with Gasteiger partial charge in [-0.05, 0) is 48.6 Å². The number of halogens is 1. The van der Waals surface area contributed by atoms with Crippen LogP contribution in [0.1, 0.15) is 18.4 Å². The fourth-order valence-electron chi connectivity index (χ4n) is 3.13. The normalized spacial score (nSPS) is 14.6. The van der Waals surface area contributed by atoms with Crippen molar-refractivity contribution in [2.75, 3.05) is 24.5 Å². The van der Waals surface area contributed by atoms with Crippen LogP contribution in [-0.4, -0.2) is 36.4 Å². The van der Waals surface area contributed by atoms with Crippen LogP contribution in [0.5, 0.6) is 0 Å². The van der Waals surface area contributed by atoms with Crippen molar-refractivity contribution in [2.45, 2.75) is 19.4 Å². The van der Waals surface area contributed by atoms with Gasteiger partial charge in [-0.2, -0.15) is 0 Å². The summed E-state index contributed by atoms with van der Waals surface area (Å²) in [6.07, 6.45) is 5.55. The van der Waals surface area contributed by atoms with Crippen molar-refractivity contribution >= 4 is 29.1 Å². The highest BCUT2D eigenvalue weighted by atomic mass is 35.5. The maximum Gasteiger partial charge on any atom is 0.309 e. The molecule has 0 spiro atoms. The molecule has 2 amide bonds. The zero-order chi connectivity index (χ0) is 19.1. The number of amides is 2. The monoisotopic (exact) mass is 386 g/mol. The first-order valence-electron chi connectivity index (χ1n) is 9.07. The molecule has 1 aliphatic rings. The molecule has 0 aliphatic carbocycles. The second-order valence-electron chi connectivity index (χ2n) is 6.66. The topological polar surface area (TPSA) is 74.3 Å². The van der Waals surface area contributed by atoms with E-state index >= 15 is 0 Å². The number of piperidine rings is 1. The Hall–Kier alpha value is -2.60. The lowest BCUT2D eigenvalue weighted by atomic mass is 9.96. The van der Waals surface area contributed by atoms with E-state index in [1.165, 1.54) is 5.69 Å². The van der Waals surface area contributed by atoms with Gasteiger partial charge in [-0.15, -0.1) is 0 Å². The van der Waals surface area contributed by atoms with Gasteiger partial charge in [0.1, 0.15) is 0 Å². The third kappa shape index (κ3) is 5.69. The largest absolute Gasteiger partial charge is 0.371 e. The van der Waals surface area contributed by atoms with Crippen molar-refractivity contribution in [3.63, 3.8) is 0 Å². The molecule has 0 bridgehead atoms. The summed E-state index contributed by atoms with van der Waals surface area (Å²) in [5.41, 5.74) is 2.07. The van der Waals surface area contributed by atoms with Crippen LogP contribution >= 0.6 is 11.6 Å². The fourth-order valence-corrected chi connectivity index (χ4v) is 3.26. The van der Waals surface area contributed by atoms with Crippen LogP contribution in [0, 0.1) is 5.92 Å². The van der Waals surface area contributed by atoms with E-state index in [0.717, 1.165) is 31.5 Å². The average Bonchev–Trinajstić information content (AvgIpc) is 2.72. The highest BCUT2D eigenvalue weighted by molar-refractivity contribution is 6.35. The molecule has 2 N–H and O–H groups in total. The molecule has 0 radical (unpaired) electrons. The van der Waals surface area contributed by atoms with Crippen LogP contribution in [-0.2, 0) is 16.1 Å². The second-order valence-corrected chi connectivity index (χ2v) is 7.09. The van der Waals surface area contributed by atoms with E-state index in [9.17, 15) is 9.59 Å². The van der Waals surface area contributed by atoms with Gasteiger partial charge in [-0.3, -0.25) is 14.6 Å². The number of aromatic nitrogens is 1. The number of nitrogens with zero attached hydrogens (tertiary/aromatic N) is 2. The third-order valence-electron chi connectivity index (χ3n) is 4.77. The van der Waals surface area contributed by atoms with Gasteiger partial charge in [-0.1, -0.05) is 23.7 Å². The number of benzene rings is 1. The van der Waals surface area contributed by atoms with E-state index in [-0.39, 0.29) is 0 Å². The molecule has 1 aromatic carbocycles. The Kier molecular flexibility index (Phi) is 6.65. The number of rotatable bonds is 5. The van der Waals surface area contributed by atoms with Crippen LogP contribution in [0.4, 0.5) is 5.69 Å². The molecular weight excluding hydrogens is 364 g/mol. The van der Waals surface area contributed by atoms with Gasteiger partial charge in [0.05, 0.1) is 0 Å². The number of pyridine rings is 1. The van der Waals surface area contributed by atoms with Gasteiger partial charge in [0.2, 0.25) is 0 Å². The molecule has 3 rings (SSSR count). The van der Waals surface area contributed by atoms with Crippen molar-refractivity contribution in [1.82, 2.24) is 15.6 Å². The maximum absolute atomic E-state index is 12.0. The lowest BCUT2D eigenvalue weighted by molar-refractivity contribution is -0.139. The van der Waals surface area contributed by atoms with Gasteiger partial charge in [0, 0.05) is 49.3 Å². The Morgan fingerprint density at radius 3 is 2.30 bits per heavy atom. The number of carbonyl (C=O) groups is 2. The minimum absolute atomic E-state index is 0.299. The lowest BCUT2D eigenvalue weighted by Crippen LogP contribution is -2.43. The Labute approximate surface area is 163 Å². The number of hydrogen-bond acceptors (Lipinski definition) is 4. The molecule has 0 saturated carbocycles. The molecule has 27 heavy (non-hydrogen) atoms. The standard InChI is InChI=1S/C20H23ClN4O2/c21-17-3-1-15(2-4-17)13-23-19(26)20(27)24-14-16-7-11-25(12-8-16)18-5-9-22-10-6-18/h1-6,9-10,16H,7-8,11-14H2,(H,23,26)(H,24,27). The molecule has 1 saturated heterocycles. The van der Waals surface area contributed by atoms with E-state index in [1.54, 1.807) is 24.5 Å². The Morgan fingerprint density at radius 2 is 1.63 bits per heavy atom. The van der Waals surface area contributed by atoms with Crippen molar-refractivity contribution in [1.29, 1.82) is 0 Å². The van der Waals surface area contributed by atoms with E-state index in [0.29, 0.717) is 24.0 Å². The van der Waals surface area contributed by atoms with Crippen LogP contribution in [0.25, 0.3) is 0 Å². The molecule has 0 atom stereocenters. The minimum atomic E-state index is -0.612. The van der Waals surface area contributed by atoms with Crippen molar-refractivity contribution in [2.24, 2.45) is 5.92 Å². The highest BCUT2D eigenvalue weighted by Gasteiger charge is 2.21. The molecule has 1 aromatic heterocycles. The summed E-state index contributed by atoms with van der Waals surface area (Å²) in [6.45, 7) is 2.70. The smallest absolute Gasteiger partial charge is 0.309 e. The Bertz CT molecular complexity index is 759. The van der Waals surface area contributed by atoms with Gasteiger partial charge in [0.25, 0.3) is 0 Å². The van der Waals surface area contributed by atoms with Crippen LogP contribution in [0.15, 0.2) is 48.8 Å². The first-order chi connectivity index (χ1) is 13.1. The van der Waals surface area contributed by atoms with Gasteiger partial charge in [-0.25, -0.2) is 0 Å².